The fourth-order valence-corrected chi connectivity index (χ4v) is 3.55. The van der Waals surface area contributed by atoms with Gasteiger partial charge in [-0.15, -0.1) is 0 Å². The van der Waals surface area contributed by atoms with Gasteiger partial charge in [0.1, 0.15) is 11.5 Å². The van der Waals surface area contributed by atoms with E-state index in [1.165, 1.54) is 17.4 Å². The molecule has 1 N–H and O–H groups in total. The van der Waals surface area contributed by atoms with Gasteiger partial charge < -0.3 is 9.47 Å². The third kappa shape index (κ3) is 6.06. The first-order valence-electron chi connectivity index (χ1n) is 9.94. The summed E-state index contributed by atoms with van der Waals surface area (Å²) in [7, 11) is 0. The number of para-hydroxylation sites is 1. The van der Waals surface area contributed by atoms with Crippen LogP contribution >= 0.6 is 11.3 Å². The van der Waals surface area contributed by atoms with Crippen LogP contribution in [0, 0.1) is 0 Å². The summed E-state index contributed by atoms with van der Waals surface area (Å²) < 4.78 is 12.4. The van der Waals surface area contributed by atoms with Crippen LogP contribution in [0.4, 0.5) is 5.13 Å². The summed E-state index contributed by atoms with van der Waals surface area (Å²) in [6.07, 6.45) is 6.32. The third-order valence-electron chi connectivity index (χ3n) is 4.15. The Bertz CT molecular complexity index is 981. The number of fused-ring (bicyclic) bond motifs is 1. The predicted octanol–water partition coefficient (Wildman–Crippen LogP) is 5.92. The van der Waals surface area contributed by atoms with E-state index in [-0.39, 0.29) is 5.91 Å². The molecule has 0 spiro atoms. The molecule has 0 unspecified atom stereocenters. The van der Waals surface area contributed by atoms with E-state index in [0.29, 0.717) is 18.3 Å². The third-order valence-corrected chi connectivity index (χ3v) is 5.09. The summed E-state index contributed by atoms with van der Waals surface area (Å²) in [5.74, 6) is 1.37. The Kier molecular flexibility index (Phi) is 7.64. The minimum atomic E-state index is -0.228. The second-order valence-electron chi connectivity index (χ2n) is 6.56. The first-order chi connectivity index (χ1) is 14.2. The highest BCUT2D eigenvalue weighted by Crippen LogP contribution is 2.29. The number of nitrogens with zero attached hydrogens (tertiary/aromatic N) is 1. The molecule has 2 aromatic carbocycles. The van der Waals surface area contributed by atoms with Crippen LogP contribution in [0.1, 0.15) is 38.7 Å². The summed E-state index contributed by atoms with van der Waals surface area (Å²) in [5.41, 5.74) is 1.71. The highest BCUT2D eigenvalue weighted by atomic mass is 32.1. The molecule has 0 fully saturated rings. The molecule has 1 aromatic heterocycles. The normalized spacial score (nSPS) is 11.1. The van der Waals surface area contributed by atoms with Gasteiger partial charge in [0.05, 0.1) is 23.4 Å². The highest BCUT2D eigenvalue weighted by molar-refractivity contribution is 7.22. The van der Waals surface area contributed by atoms with Crippen LogP contribution in [-0.4, -0.2) is 24.1 Å². The zero-order valence-electron chi connectivity index (χ0n) is 16.8. The van der Waals surface area contributed by atoms with Crippen molar-refractivity contribution in [2.75, 3.05) is 18.5 Å². The van der Waals surface area contributed by atoms with Gasteiger partial charge in [-0.25, -0.2) is 4.98 Å². The number of thiazole rings is 1. The van der Waals surface area contributed by atoms with Crippen molar-refractivity contribution in [3.63, 3.8) is 0 Å². The van der Waals surface area contributed by atoms with Gasteiger partial charge in [-0.3, -0.25) is 10.1 Å². The van der Waals surface area contributed by atoms with Gasteiger partial charge in [0.15, 0.2) is 5.13 Å². The van der Waals surface area contributed by atoms with Gasteiger partial charge in [0.2, 0.25) is 5.91 Å². The van der Waals surface area contributed by atoms with E-state index in [4.69, 9.17) is 9.47 Å². The fraction of sp³-hybridized carbons (Fsp3) is 0.304. The number of hydrogen-bond acceptors (Lipinski definition) is 5. The van der Waals surface area contributed by atoms with Crippen LogP contribution in [0.3, 0.4) is 0 Å². The van der Waals surface area contributed by atoms with E-state index < -0.39 is 0 Å². The van der Waals surface area contributed by atoms with Crippen LogP contribution in [0.25, 0.3) is 16.3 Å². The molecule has 152 valence electrons. The summed E-state index contributed by atoms with van der Waals surface area (Å²) in [5, 5.41) is 3.40. The quantitative estimate of drug-likeness (QED) is 0.333. The number of hydrogen-bond donors (Lipinski definition) is 1. The second-order valence-corrected chi connectivity index (χ2v) is 7.59. The van der Waals surface area contributed by atoms with E-state index in [1.807, 2.05) is 42.5 Å². The van der Waals surface area contributed by atoms with Gasteiger partial charge in [-0.1, -0.05) is 49.8 Å². The standard InChI is InChI=1S/C23H26N2O3S/c1-3-5-15-27-18-11-12-19-21(16-18)29-23(24-19)25-22(26)13-10-17-8-6-7-9-20(17)28-14-4-2/h6-13,16H,3-5,14-15H2,1-2H3,(H,24,25,26)/b13-10+. The molecule has 0 bridgehead atoms. The van der Waals surface area contributed by atoms with Crippen molar-refractivity contribution in [3.05, 3.63) is 54.1 Å². The van der Waals surface area contributed by atoms with Crippen molar-refractivity contribution >= 4 is 38.7 Å². The number of rotatable bonds is 10. The Hall–Kier alpha value is -2.86. The Morgan fingerprint density at radius 3 is 2.79 bits per heavy atom. The molecule has 3 aromatic rings. The summed E-state index contributed by atoms with van der Waals surface area (Å²) in [6.45, 7) is 5.55. The SMILES string of the molecule is CCCCOc1ccc2nc(NC(=O)/C=C/c3ccccc3OCCC)sc2c1. The molecule has 3 rings (SSSR count). The summed E-state index contributed by atoms with van der Waals surface area (Å²) >= 11 is 1.43. The fourth-order valence-electron chi connectivity index (χ4n) is 2.66. The molecule has 29 heavy (non-hydrogen) atoms. The summed E-state index contributed by atoms with van der Waals surface area (Å²) in [4.78, 5) is 16.8. The molecule has 6 heteroatoms. The van der Waals surface area contributed by atoms with E-state index in [9.17, 15) is 4.79 Å². The van der Waals surface area contributed by atoms with Gasteiger partial charge in [0, 0.05) is 11.6 Å². The van der Waals surface area contributed by atoms with Crippen LogP contribution in [0.2, 0.25) is 0 Å². The average molecular weight is 411 g/mol. The van der Waals surface area contributed by atoms with Crippen molar-refractivity contribution in [2.45, 2.75) is 33.1 Å². The Balaban J connectivity index is 1.64. The van der Waals surface area contributed by atoms with Gasteiger partial charge in [0.25, 0.3) is 0 Å². The van der Waals surface area contributed by atoms with Gasteiger partial charge in [-0.05, 0) is 43.2 Å². The van der Waals surface area contributed by atoms with Crippen molar-refractivity contribution < 1.29 is 14.3 Å². The smallest absolute Gasteiger partial charge is 0.250 e. The number of nitrogens with one attached hydrogen (secondary N) is 1. The van der Waals surface area contributed by atoms with Gasteiger partial charge >= 0.3 is 0 Å². The number of benzene rings is 2. The highest BCUT2D eigenvalue weighted by Gasteiger charge is 2.08. The molecular formula is C23H26N2O3S. The minimum Gasteiger partial charge on any atom is -0.494 e. The number of carbonyl (C=O) groups is 1. The minimum absolute atomic E-state index is 0.228. The van der Waals surface area contributed by atoms with Crippen LogP contribution < -0.4 is 14.8 Å². The monoisotopic (exact) mass is 410 g/mol. The topological polar surface area (TPSA) is 60.5 Å². The van der Waals surface area contributed by atoms with Crippen molar-refractivity contribution in [1.82, 2.24) is 4.98 Å². The maximum absolute atomic E-state index is 12.3. The number of carbonyl (C=O) groups excluding carboxylic acids is 1. The van der Waals surface area contributed by atoms with E-state index >= 15 is 0 Å². The number of unbranched alkanes of at least 4 members (excludes halogenated alkanes) is 1. The second kappa shape index (κ2) is 10.6. The Morgan fingerprint density at radius 1 is 1.10 bits per heavy atom. The van der Waals surface area contributed by atoms with Crippen LogP contribution in [-0.2, 0) is 4.79 Å². The van der Waals surface area contributed by atoms with Crippen molar-refractivity contribution in [3.8, 4) is 11.5 Å². The van der Waals surface area contributed by atoms with E-state index in [2.05, 4.69) is 24.1 Å². The molecule has 1 amide bonds. The van der Waals surface area contributed by atoms with Gasteiger partial charge in [-0.2, -0.15) is 0 Å². The average Bonchev–Trinajstić information content (AvgIpc) is 3.13. The Morgan fingerprint density at radius 2 is 1.97 bits per heavy atom. The molecule has 0 atom stereocenters. The van der Waals surface area contributed by atoms with E-state index in [0.717, 1.165) is 46.5 Å². The molecule has 0 saturated carbocycles. The molecule has 1 heterocycles. The Labute approximate surface area is 175 Å². The summed E-state index contributed by atoms with van der Waals surface area (Å²) in [6, 6.07) is 13.5. The van der Waals surface area contributed by atoms with Crippen LogP contribution in [0.5, 0.6) is 11.5 Å². The molecule has 0 aliphatic heterocycles. The lowest BCUT2D eigenvalue weighted by atomic mass is 10.2. The number of ether oxygens (including phenoxy) is 2. The van der Waals surface area contributed by atoms with E-state index in [1.54, 1.807) is 6.08 Å². The number of amides is 1. The van der Waals surface area contributed by atoms with Crippen molar-refractivity contribution in [2.24, 2.45) is 0 Å². The number of anilines is 1. The predicted molar refractivity (Wildman–Crippen MR) is 120 cm³/mol. The maximum atomic E-state index is 12.3. The zero-order valence-corrected chi connectivity index (χ0v) is 17.6. The molecule has 0 saturated heterocycles. The first kappa shape index (κ1) is 20.9. The zero-order chi connectivity index (χ0) is 20.5. The molecular weight excluding hydrogens is 384 g/mol. The molecule has 5 nitrogen and oxygen atoms in total. The lowest BCUT2D eigenvalue weighted by Crippen LogP contribution is -2.07. The van der Waals surface area contributed by atoms with Crippen molar-refractivity contribution in [1.29, 1.82) is 0 Å². The first-order valence-corrected chi connectivity index (χ1v) is 10.8. The van der Waals surface area contributed by atoms with Crippen LogP contribution in [0.15, 0.2) is 48.5 Å². The maximum Gasteiger partial charge on any atom is 0.250 e. The molecule has 0 radical (unpaired) electrons. The molecule has 0 aliphatic carbocycles. The lowest BCUT2D eigenvalue weighted by Gasteiger charge is -2.07. The lowest BCUT2D eigenvalue weighted by molar-refractivity contribution is -0.111. The molecule has 0 aliphatic rings. The largest absolute Gasteiger partial charge is 0.494 e. The number of aromatic nitrogens is 1.